The molecule has 5 nitrogen and oxygen atoms in total. The third kappa shape index (κ3) is 2.52. The van der Waals surface area contributed by atoms with Crippen molar-refractivity contribution in [3.8, 4) is 17.7 Å². The van der Waals surface area contributed by atoms with Crippen LogP contribution in [-0.4, -0.2) is 17.0 Å². The van der Waals surface area contributed by atoms with Crippen molar-refractivity contribution in [2.45, 2.75) is 0 Å². The Morgan fingerprint density at radius 1 is 1.39 bits per heavy atom. The van der Waals surface area contributed by atoms with Crippen LogP contribution in [0.4, 0.5) is 10.3 Å². The molecule has 1 N–H and O–H groups in total. The van der Waals surface area contributed by atoms with Crippen molar-refractivity contribution in [2.24, 2.45) is 0 Å². The largest absolute Gasteiger partial charge is 0.439 e. The molecule has 0 unspecified atom stereocenters. The molecule has 0 radical (unpaired) electrons. The maximum absolute atomic E-state index is 13.4. The Bertz CT molecular complexity index is 609. The van der Waals surface area contributed by atoms with Gasteiger partial charge in [0.2, 0.25) is 11.8 Å². The van der Waals surface area contributed by atoms with E-state index in [1.165, 1.54) is 18.3 Å². The number of anilines is 1. The Balaban J connectivity index is 2.23. The Hall–Kier alpha value is -2.68. The van der Waals surface area contributed by atoms with Gasteiger partial charge in [-0.15, -0.1) is 0 Å². The molecule has 0 aliphatic heterocycles. The summed E-state index contributed by atoms with van der Waals surface area (Å²) in [5.41, 5.74) is -0.0269. The molecule has 18 heavy (non-hydrogen) atoms. The van der Waals surface area contributed by atoms with Crippen molar-refractivity contribution in [3.05, 3.63) is 41.8 Å². The minimum absolute atomic E-state index is 0.0269. The van der Waals surface area contributed by atoms with E-state index in [0.717, 1.165) is 6.07 Å². The number of hydrogen-bond acceptors (Lipinski definition) is 5. The van der Waals surface area contributed by atoms with Crippen LogP contribution in [-0.2, 0) is 0 Å². The molecule has 1 aromatic heterocycles. The first-order valence-corrected chi connectivity index (χ1v) is 5.11. The summed E-state index contributed by atoms with van der Waals surface area (Å²) < 4.78 is 18.7. The number of halogens is 1. The fourth-order valence-corrected chi connectivity index (χ4v) is 1.29. The highest BCUT2D eigenvalue weighted by atomic mass is 19.1. The third-order valence-electron chi connectivity index (χ3n) is 2.14. The van der Waals surface area contributed by atoms with Gasteiger partial charge in [0, 0.05) is 25.4 Å². The number of ether oxygens (including phenoxy) is 1. The van der Waals surface area contributed by atoms with Crippen LogP contribution in [0, 0.1) is 17.1 Å². The van der Waals surface area contributed by atoms with Gasteiger partial charge < -0.3 is 10.1 Å². The molecule has 90 valence electrons. The lowest BCUT2D eigenvalue weighted by Gasteiger charge is -2.06. The zero-order valence-electron chi connectivity index (χ0n) is 9.51. The topological polar surface area (TPSA) is 70.8 Å². The predicted octanol–water partition coefficient (Wildman–Crippen LogP) is 2.32. The molecule has 2 aromatic rings. The molecule has 1 aromatic carbocycles. The zero-order chi connectivity index (χ0) is 13.0. The lowest BCUT2D eigenvalue weighted by molar-refractivity contribution is 0.457. The van der Waals surface area contributed by atoms with Crippen LogP contribution in [0.2, 0.25) is 0 Å². The van der Waals surface area contributed by atoms with E-state index in [0.29, 0.717) is 11.8 Å². The molecule has 0 aliphatic carbocycles. The van der Waals surface area contributed by atoms with E-state index in [1.807, 2.05) is 0 Å². The molecule has 0 bridgehead atoms. The second-order valence-corrected chi connectivity index (χ2v) is 3.32. The second kappa shape index (κ2) is 5.10. The lowest BCUT2D eigenvalue weighted by Crippen LogP contribution is -1.97. The number of nitrogens with one attached hydrogen (secondary N) is 1. The predicted molar refractivity (Wildman–Crippen MR) is 62.8 cm³/mol. The minimum Gasteiger partial charge on any atom is -0.439 e. The quantitative estimate of drug-likeness (QED) is 0.897. The van der Waals surface area contributed by atoms with Crippen molar-refractivity contribution < 1.29 is 9.13 Å². The summed E-state index contributed by atoms with van der Waals surface area (Å²) in [4.78, 5) is 7.95. The van der Waals surface area contributed by atoms with Gasteiger partial charge in [-0.2, -0.15) is 10.2 Å². The van der Waals surface area contributed by atoms with Crippen molar-refractivity contribution in [2.75, 3.05) is 12.4 Å². The van der Waals surface area contributed by atoms with Gasteiger partial charge in [0.05, 0.1) is 5.56 Å². The van der Waals surface area contributed by atoms with Crippen molar-refractivity contribution in [1.29, 1.82) is 5.26 Å². The van der Waals surface area contributed by atoms with Crippen LogP contribution in [0.3, 0.4) is 0 Å². The molecule has 0 saturated heterocycles. The molecule has 0 saturated carbocycles. The van der Waals surface area contributed by atoms with Crippen LogP contribution >= 0.6 is 0 Å². The highest BCUT2D eigenvalue weighted by Gasteiger charge is 2.05. The first kappa shape index (κ1) is 11.8. The van der Waals surface area contributed by atoms with Crippen molar-refractivity contribution in [1.82, 2.24) is 9.97 Å². The van der Waals surface area contributed by atoms with Gasteiger partial charge in [0.25, 0.3) is 0 Å². The minimum atomic E-state index is -0.627. The van der Waals surface area contributed by atoms with E-state index in [2.05, 4.69) is 15.3 Å². The van der Waals surface area contributed by atoms with Gasteiger partial charge in [0.15, 0.2) is 0 Å². The molecule has 0 spiro atoms. The van der Waals surface area contributed by atoms with E-state index in [9.17, 15) is 4.39 Å². The molecular weight excluding hydrogens is 235 g/mol. The maximum atomic E-state index is 13.4. The monoisotopic (exact) mass is 244 g/mol. The number of nitrogens with zero attached hydrogens (tertiary/aromatic N) is 3. The Morgan fingerprint density at radius 3 is 2.89 bits per heavy atom. The summed E-state index contributed by atoms with van der Waals surface area (Å²) >= 11 is 0. The van der Waals surface area contributed by atoms with Crippen molar-refractivity contribution in [3.63, 3.8) is 0 Å². The van der Waals surface area contributed by atoms with Crippen LogP contribution in [0.15, 0.2) is 30.5 Å². The normalized spacial score (nSPS) is 9.61. The fourth-order valence-electron chi connectivity index (χ4n) is 1.29. The molecule has 0 fully saturated rings. The number of nitriles is 1. The molecule has 0 amide bonds. The highest BCUT2D eigenvalue weighted by Crippen LogP contribution is 2.22. The highest BCUT2D eigenvalue weighted by molar-refractivity contribution is 5.38. The lowest BCUT2D eigenvalue weighted by atomic mass is 10.2. The number of benzene rings is 1. The summed E-state index contributed by atoms with van der Waals surface area (Å²) in [5, 5.41) is 11.4. The van der Waals surface area contributed by atoms with E-state index in [-0.39, 0.29) is 11.3 Å². The Kier molecular flexibility index (Phi) is 3.34. The summed E-state index contributed by atoms with van der Waals surface area (Å²) in [6.07, 6.45) is 1.52. The summed E-state index contributed by atoms with van der Waals surface area (Å²) in [7, 11) is 1.68. The van der Waals surface area contributed by atoms with E-state index < -0.39 is 5.82 Å². The molecule has 2 rings (SSSR count). The van der Waals surface area contributed by atoms with Gasteiger partial charge in [0.1, 0.15) is 17.6 Å². The number of aromatic nitrogens is 2. The molecule has 0 aliphatic rings. The summed E-state index contributed by atoms with van der Waals surface area (Å²) in [6, 6.07) is 7.28. The fraction of sp³-hybridized carbons (Fsp3) is 0.0833. The third-order valence-corrected chi connectivity index (χ3v) is 2.14. The smallest absolute Gasteiger partial charge is 0.225 e. The van der Waals surface area contributed by atoms with Crippen LogP contribution in [0.5, 0.6) is 11.6 Å². The average Bonchev–Trinajstić information content (AvgIpc) is 2.39. The number of hydrogen-bond donors (Lipinski definition) is 1. The van der Waals surface area contributed by atoms with Gasteiger partial charge in [-0.1, -0.05) is 0 Å². The van der Waals surface area contributed by atoms with Crippen molar-refractivity contribution >= 4 is 5.95 Å². The molecular formula is C12H9FN4O. The maximum Gasteiger partial charge on any atom is 0.225 e. The summed E-state index contributed by atoms with van der Waals surface area (Å²) in [6.45, 7) is 0. The molecule has 0 atom stereocenters. The van der Waals surface area contributed by atoms with E-state index in [1.54, 1.807) is 19.2 Å². The first-order valence-electron chi connectivity index (χ1n) is 5.11. The first-order chi connectivity index (χ1) is 8.72. The van der Waals surface area contributed by atoms with Crippen LogP contribution in [0.25, 0.3) is 0 Å². The van der Waals surface area contributed by atoms with Crippen LogP contribution < -0.4 is 10.1 Å². The second-order valence-electron chi connectivity index (χ2n) is 3.32. The zero-order valence-corrected chi connectivity index (χ0v) is 9.51. The van der Waals surface area contributed by atoms with Crippen LogP contribution in [0.1, 0.15) is 5.56 Å². The van der Waals surface area contributed by atoms with E-state index >= 15 is 0 Å². The van der Waals surface area contributed by atoms with Gasteiger partial charge >= 0.3 is 0 Å². The van der Waals surface area contributed by atoms with Gasteiger partial charge in [-0.25, -0.2) is 9.37 Å². The average molecular weight is 244 g/mol. The SMILES string of the molecule is CNc1nccc(Oc2ccc(C#N)c(F)c2)n1. The van der Waals surface area contributed by atoms with E-state index in [4.69, 9.17) is 10.00 Å². The van der Waals surface area contributed by atoms with Gasteiger partial charge in [-0.05, 0) is 12.1 Å². The van der Waals surface area contributed by atoms with Gasteiger partial charge in [-0.3, -0.25) is 0 Å². The standard InChI is InChI=1S/C12H9FN4O/c1-15-12-16-5-4-11(17-12)18-9-3-2-8(7-14)10(13)6-9/h2-6H,1H3,(H,15,16,17). The Labute approximate surface area is 103 Å². The number of rotatable bonds is 3. The Morgan fingerprint density at radius 2 is 2.22 bits per heavy atom. The molecule has 6 heteroatoms. The summed E-state index contributed by atoms with van der Waals surface area (Å²) in [5.74, 6) is 0.338. The molecule has 1 heterocycles.